The zero-order valence-electron chi connectivity index (χ0n) is 18.9. The fourth-order valence-corrected chi connectivity index (χ4v) is 6.19. The monoisotopic (exact) mass is 466 g/mol. The molecule has 3 aliphatic carbocycles. The molecule has 0 saturated carbocycles. The van der Waals surface area contributed by atoms with Gasteiger partial charge in [0.15, 0.2) is 0 Å². The van der Waals surface area contributed by atoms with Crippen LogP contribution in [-0.4, -0.2) is 40.4 Å². The lowest BCUT2D eigenvalue weighted by atomic mass is 9.55. The van der Waals surface area contributed by atoms with Crippen molar-refractivity contribution < 1.29 is 24.3 Å². The molecule has 4 aliphatic rings. The lowest BCUT2D eigenvalue weighted by Crippen LogP contribution is -2.44. The summed E-state index contributed by atoms with van der Waals surface area (Å²) in [6.45, 7) is 1.08. The van der Waals surface area contributed by atoms with Gasteiger partial charge in [-0.2, -0.15) is 0 Å². The number of nitrogens with zero attached hydrogens (tertiary/aromatic N) is 2. The van der Waals surface area contributed by atoms with Crippen LogP contribution >= 0.6 is 0 Å². The van der Waals surface area contributed by atoms with Crippen LogP contribution in [0.25, 0.3) is 0 Å². The number of amides is 3. The van der Waals surface area contributed by atoms with E-state index in [1.165, 1.54) is 34.9 Å². The first-order valence-corrected chi connectivity index (χ1v) is 11.5. The Morgan fingerprint density at radius 2 is 1.29 bits per heavy atom. The van der Waals surface area contributed by atoms with Crippen LogP contribution in [0.5, 0.6) is 0 Å². The van der Waals surface area contributed by atoms with Crippen molar-refractivity contribution in [1.82, 2.24) is 4.90 Å². The summed E-state index contributed by atoms with van der Waals surface area (Å²) in [5, 5.41) is 9.35. The van der Waals surface area contributed by atoms with Crippen molar-refractivity contribution >= 4 is 29.4 Å². The fraction of sp³-hybridized carbons (Fsp3) is 0.214. The summed E-state index contributed by atoms with van der Waals surface area (Å²) < 4.78 is 0. The third-order valence-corrected chi connectivity index (χ3v) is 7.61. The number of carboxylic acids is 1. The molecule has 0 aromatic heterocycles. The number of imide groups is 1. The number of aromatic carboxylic acids is 1. The van der Waals surface area contributed by atoms with Crippen molar-refractivity contribution in [2.24, 2.45) is 11.8 Å². The van der Waals surface area contributed by atoms with Crippen molar-refractivity contribution in [2.45, 2.75) is 18.8 Å². The molecule has 1 saturated heterocycles. The third-order valence-electron chi connectivity index (χ3n) is 7.61. The van der Waals surface area contributed by atoms with Crippen molar-refractivity contribution in [1.29, 1.82) is 0 Å². The van der Waals surface area contributed by atoms with Crippen molar-refractivity contribution in [3.63, 3.8) is 0 Å². The molecule has 3 aromatic carbocycles. The second kappa shape index (κ2) is 7.63. The zero-order valence-corrected chi connectivity index (χ0v) is 18.9. The van der Waals surface area contributed by atoms with E-state index in [2.05, 4.69) is 0 Å². The normalized spacial score (nSPS) is 23.5. The number of carboxylic acid groups (broad SMARTS) is 1. The van der Waals surface area contributed by atoms with E-state index in [9.17, 15) is 24.3 Å². The molecular formula is C28H22N2O5. The summed E-state index contributed by atoms with van der Waals surface area (Å²) >= 11 is 0. The van der Waals surface area contributed by atoms with Crippen LogP contribution in [0, 0.1) is 11.8 Å². The second-order valence-electron chi connectivity index (χ2n) is 9.31. The minimum atomic E-state index is -1.12. The molecule has 7 rings (SSSR count). The Morgan fingerprint density at radius 1 is 0.800 bits per heavy atom. The Hall–Kier alpha value is -4.26. The smallest absolute Gasteiger partial charge is 0.335 e. The van der Waals surface area contributed by atoms with Gasteiger partial charge in [0.25, 0.3) is 0 Å². The average Bonchev–Trinajstić information content (AvgIpc) is 3.12. The molecular weight excluding hydrogens is 444 g/mol. The van der Waals surface area contributed by atoms with Gasteiger partial charge in [0.2, 0.25) is 17.7 Å². The minimum Gasteiger partial charge on any atom is -0.478 e. The summed E-state index contributed by atoms with van der Waals surface area (Å²) in [6.07, 6.45) is 0. The summed E-state index contributed by atoms with van der Waals surface area (Å²) in [7, 11) is 0. The molecule has 3 amide bonds. The van der Waals surface area contributed by atoms with Crippen LogP contribution < -0.4 is 4.90 Å². The molecule has 1 N–H and O–H groups in total. The highest BCUT2D eigenvalue weighted by Crippen LogP contribution is 2.60. The Bertz CT molecular complexity index is 1310. The topological polar surface area (TPSA) is 95.0 Å². The SMILES string of the molecule is CC(=O)N(CN1C(=O)[C@@H]2C3c4ccccc4C(c4ccccc43)[C@H]2C1=O)c1cccc(C(=O)O)c1. The van der Waals surface area contributed by atoms with Crippen molar-refractivity contribution in [2.75, 3.05) is 11.6 Å². The molecule has 2 bridgehead atoms. The predicted molar refractivity (Wildman–Crippen MR) is 127 cm³/mol. The van der Waals surface area contributed by atoms with Crippen molar-refractivity contribution in [3.8, 4) is 0 Å². The Balaban J connectivity index is 1.41. The summed E-state index contributed by atoms with van der Waals surface area (Å²) in [5.41, 5.74) is 4.67. The number of anilines is 1. The molecule has 35 heavy (non-hydrogen) atoms. The number of likely N-dealkylation sites (tertiary alicyclic amines) is 1. The van der Waals surface area contributed by atoms with Gasteiger partial charge < -0.3 is 5.11 Å². The van der Waals surface area contributed by atoms with E-state index in [-0.39, 0.29) is 35.9 Å². The van der Waals surface area contributed by atoms with Gasteiger partial charge >= 0.3 is 5.97 Å². The van der Waals surface area contributed by atoms with Crippen LogP contribution in [0.15, 0.2) is 72.8 Å². The maximum absolute atomic E-state index is 13.8. The maximum Gasteiger partial charge on any atom is 0.335 e. The van der Waals surface area contributed by atoms with Crippen LogP contribution in [0.2, 0.25) is 0 Å². The average molecular weight is 466 g/mol. The number of carbonyl (C=O) groups excluding carboxylic acids is 3. The highest BCUT2D eigenvalue weighted by Gasteiger charge is 2.61. The minimum absolute atomic E-state index is 0.0189. The van der Waals surface area contributed by atoms with Gasteiger partial charge in [0.1, 0.15) is 6.67 Å². The van der Waals surface area contributed by atoms with Gasteiger partial charge in [0.05, 0.1) is 17.4 Å². The summed E-state index contributed by atoms with van der Waals surface area (Å²) in [5.74, 6) is -3.61. The fourth-order valence-electron chi connectivity index (χ4n) is 6.19. The molecule has 0 unspecified atom stereocenters. The number of hydrogen-bond donors (Lipinski definition) is 1. The number of hydrogen-bond acceptors (Lipinski definition) is 4. The Kier molecular flexibility index (Phi) is 4.64. The lowest BCUT2D eigenvalue weighted by Gasteiger charge is -2.45. The molecule has 1 fully saturated rings. The standard InChI is InChI=1S/C28H22N2O5/c1-15(31)29(17-8-6-7-16(13-17)28(34)35)14-30-26(32)24-22-18-9-2-3-10-19(18)23(25(24)27(30)33)21-12-5-4-11-20(21)22/h2-13,22-25H,14H2,1H3,(H,34,35)/t22?,23?,24-,25-/m1/s1. The molecule has 174 valence electrons. The third kappa shape index (κ3) is 2.97. The number of rotatable bonds is 4. The first-order valence-electron chi connectivity index (χ1n) is 11.5. The molecule has 1 heterocycles. The highest BCUT2D eigenvalue weighted by atomic mass is 16.4. The van der Waals surface area contributed by atoms with Crippen LogP contribution in [0.1, 0.15) is 51.4 Å². The molecule has 3 aromatic rings. The summed E-state index contributed by atoms with van der Waals surface area (Å²) in [6, 6.07) is 21.9. The first-order chi connectivity index (χ1) is 16.9. The van der Waals surface area contributed by atoms with Gasteiger partial charge in [-0.15, -0.1) is 0 Å². The lowest BCUT2D eigenvalue weighted by molar-refractivity contribution is -0.140. The first kappa shape index (κ1) is 21.3. The van der Waals surface area contributed by atoms with Gasteiger partial charge in [-0.05, 0) is 40.5 Å². The van der Waals surface area contributed by atoms with E-state index >= 15 is 0 Å². The molecule has 2 atom stereocenters. The van der Waals surface area contributed by atoms with Gasteiger partial charge in [0, 0.05) is 24.4 Å². The zero-order chi connectivity index (χ0) is 24.4. The van der Waals surface area contributed by atoms with Crippen LogP contribution in [-0.2, 0) is 14.4 Å². The van der Waals surface area contributed by atoms with Crippen LogP contribution in [0.4, 0.5) is 5.69 Å². The van der Waals surface area contributed by atoms with Gasteiger partial charge in [-0.25, -0.2) is 4.79 Å². The molecule has 7 heteroatoms. The highest BCUT2D eigenvalue weighted by molar-refractivity contribution is 6.08. The van der Waals surface area contributed by atoms with E-state index in [4.69, 9.17) is 0 Å². The number of carbonyl (C=O) groups is 4. The summed E-state index contributed by atoms with van der Waals surface area (Å²) in [4.78, 5) is 54.1. The van der Waals surface area contributed by atoms with E-state index in [1.54, 1.807) is 6.07 Å². The predicted octanol–water partition coefficient (Wildman–Crippen LogP) is 3.59. The largest absolute Gasteiger partial charge is 0.478 e. The molecule has 1 aliphatic heterocycles. The van der Waals surface area contributed by atoms with Crippen LogP contribution in [0.3, 0.4) is 0 Å². The Labute approximate surface area is 201 Å². The van der Waals surface area contributed by atoms with E-state index in [0.717, 1.165) is 22.3 Å². The molecule has 0 radical (unpaired) electrons. The number of benzene rings is 3. The van der Waals surface area contributed by atoms with Crippen molar-refractivity contribution in [3.05, 3.63) is 101 Å². The quantitative estimate of drug-likeness (QED) is 0.593. The molecule has 7 nitrogen and oxygen atoms in total. The van der Waals surface area contributed by atoms with E-state index in [1.807, 2.05) is 48.5 Å². The second-order valence-corrected chi connectivity index (χ2v) is 9.31. The molecule has 0 spiro atoms. The van der Waals surface area contributed by atoms with E-state index in [0.29, 0.717) is 5.69 Å². The van der Waals surface area contributed by atoms with Gasteiger partial charge in [-0.1, -0.05) is 54.6 Å². The van der Waals surface area contributed by atoms with E-state index < -0.39 is 23.7 Å². The maximum atomic E-state index is 13.8. The van der Waals surface area contributed by atoms with Gasteiger partial charge in [-0.3, -0.25) is 24.2 Å². The Morgan fingerprint density at radius 3 is 1.71 bits per heavy atom.